The smallest absolute Gasteiger partial charge is 0.383 e. The largest absolute Gasteiger partial charge is 0.558 e. The predicted molar refractivity (Wildman–Crippen MR) is 92.0 cm³/mol. The molecule has 0 unspecified atom stereocenters. The molecule has 5 heteroatoms. The Labute approximate surface area is 129 Å². The predicted octanol–water partition coefficient (Wildman–Crippen LogP) is 1.86. The number of thiophene rings is 1. The lowest BCUT2D eigenvalue weighted by Crippen LogP contribution is -2.19. The van der Waals surface area contributed by atoms with Gasteiger partial charge >= 0.3 is 15.0 Å². The van der Waals surface area contributed by atoms with Gasteiger partial charge in [-0.25, -0.2) is 0 Å². The van der Waals surface area contributed by atoms with Gasteiger partial charge in [-0.1, -0.05) is 48.5 Å². The van der Waals surface area contributed by atoms with Gasteiger partial charge in [-0.05, 0) is 24.3 Å². The fraction of sp³-hybridized carbons (Fsp3) is 0. The van der Waals surface area contributed by atoms with Crippen LogP contribution in [-0.4, -0.2) is 15.0 Å². The van der Waals surface area contributed by atoms with Crippen LogP contribution < -0.4 is 18.9 Å². The molecule has 21 heavy (non-hydrogen) atoms. The van der Waals surface area contributed by atoms with E-state index in [1.807, 2.05) is 60.7 Å². The number of para-hydroxylation sites is 2. The zero-order valence-corrected chi connectivity index (χ0v) is 12.4. The molecule has 1 heterocycles. The van der Waals surface area contributed by atoms with Gasteiger partial charge in [-0.15, -0.1) is 0 Å². The third kappa shape index (κ3) is 4.17. The molecular formula is C16H14B2O2S. The monoisotopic (exact) mass is 292 g/mol. The molecule has 0 aliphatic rings. The van der Waals surface area contributed by atoms with Crippen LogP contribution in [0, 0.1) is 0 Å². The van der Waals surface area contributed by atoms with Gasteiger partial charge in [-0.2, -0.15) is 11.3 Å². The first kappa shape index (κ1) is 13.8. The van der Waals surface area contributed by atoms with E-state index in [4.69, 9.17) is 9.31 Å². The van der Waals surface area contributed by atoms with Gasteiger partial charge in [0.2, 0.25) is 0 Å². The zero-order valence-electron chi connectivity index (χ0n) is 11.6. The van der Waals surface area contributed by atoms with Crippen molar-refractivity contribution in [1.29, 1.82) is 0 Å². The van der Waals surface area contributed by atoms with Crippen molar-refractivity contribution in [3.63, 3.8) is 0 Å². The Morgan fingerprint density at radius 1 is 0.571 bits per heavy atom. The van der Waals surface area contributed by atoms with Crippen molar-refractivity contribution in [2.45, 2.75) is 0 Å². The van der Waals surface area contributed by atoms with Crippen molar-refractivity contribution >= 4 is 35.9 Å². The Morgan fingerprint density at radius 3 is 1.43 bits per heavy atom. The summed E-state index contributed by atoms with van der Waals surface area (Å²) in [6, 6.07) is 23.9. The summed E-state index contributed by atoms with van der Waals surface area (Å²) in [5, 5.41) is 0. The van der Waals surface area contributed by atoms with Crippen LogP contribution in [0.1, 0.15) is 0 Å². The molecule has 1 aromatic heterocycles. The average Bonchev–Trinajstić information content (AvgIpc) is 3.01. The second-order valence-corrected chi connectivity index (χ2v) is 5.82. The van der Waals surface area contributed by atoms with Crippen LogP contribution in [0.15, 0.2) is 72.8 Å². The van der Waals surface area contributed by atoms with Crippen LogP contribution >= 0.6 is 11.3 Å². The SMILES string of the molecule is B(Oc1ccccc1)c1ccc(BOc2ccccc2)s1. The van der Waals surface area contributed by atoms with Gasteiger partial charge in [0, 0.05) is 9.55 Å². The summed E-state index contributed by atoms with van der Waals surface area (Å²) in [4.78, 5) is 0. The minimum atomic E-state index is 0.597. The minimum absolute atomic E-state index is 0.597. The summed E-state index contributed by atoms with van der Waals surface area (Å²) in [5.74, 6) is 1.79. The molecule has 0 spiro atoms. The molecule has 0 bridgehead atoms. The molecule has 0 N–H and O–H groups in total. The average molecular weight is 292 g/mol. The highest BCUT2D eigenvalue weighted by Gasteiger charge is 2.06. The fourth-order valence-electron chi connectivity index (χ4n) is 1.92. The van der Waals surface area contributed by atoms with E-state index in [1.165, 1.54) is 9.55 Å². The van der Waals surface area contributed by atoms with E-state index in [0.717, 1.165) is 11.5 Å². The van der Waals surface area contributed by atoms with Gasteiger partial charge in [0.1, 0.15) is 0 Å². The standard InChI is InChI=1S/C16H14B2O2S/c1-3-7-13(8-4-1)19-17-15-11-12-16(21-15)18-20-14-9-5-2-6-10-14/h1-12,17-18H. The van der Waals surface area contributed by atoms with Crippen molar-refractivity contribution in [3.05, 3.63) is 72.8 Å². The second kappa shape index (κ2) is 7.04. The highest BCUT2D eigenvalue weighted by molar-refractivity contribution is 7.28. The fourth-order valence-corrected chi connectivity index (χ4v) is 2.76. The summed E-state index contributed by atoms with van der Waals surface area (Å²) < 4.78 is 13.9. The molecule has 0 saturated carbocycles. The van der Waals surface area contributed by atoms with Gasteiger partial charge in [-0.3, -0.25) is 0 Å². The van der Waals surface area contributed by atoms with Gasteiger partial charge in [0.15, 0.2) is 0 Å². The summed E-state index contributed by atoms with van der Waals surface area (Å²) in [5.41, 5.74) is 0. The van der Waals surface area contributed by atoms with Crippen LogP contribution in [0.25, 0.3) is 0 Å². The maximum absolute atomic E-state index is 5.74. The molecule has 2 nitrogen and oxygen atoms in total. The third-order valence-electron chi connectivity index (χ3n) is 2.97. The van der Waals surface area contributed by atoms with E-state index in [2.05, 4.69) is 12.1 Å². The van der Waals surface area contributed by atoms with E-state index in [-0.39, 0.29) is 0 Å². The topological polar surface area (TPSA) is 18.5 Å². The van der Waals surface area contributed by atoms with E-state index in [0.29, 0.717) is 15.0 Å². The highest BCUT2D eigenvalue weighted by atomic mass is 32.1. The number of hydrogen-bond acceptors (Lipinski definition) is 3. The molecule has 0 radical (unpaired) electrons. The molecular weight excluding hydrogens is 278 g/mol. The molecule has 2 aromatic carbocycles. The second-order valence-electron chi connectivity index (χ2n) is 4.57. The first-order chi connectivity index (χ1) is 10.4. The van der Waals surface area contributed by atoms with E-state index < -0.39 is 0 Å². The molecule has 3 rings (SSSR count). The van der Waals surface area contributed by atoms with Gasteiger partial charge in [0.25, 0.3) is 0 Å². The van der Waals surface area contributed by atoms with Crippen LogP contribution in [0.5, 0.6) is 11.5 Å². The van der Waals surface area contributed by atoms with Crippen molar-refractivity contribution < 1.29 is 9.31 Å². The molecule has 0 fully saturated rings. The molecule has 0 aliphatic carbocycles. The lowest BCUT2D eigenvalue weighted by atomic mass is 9.96. The van der Waals surface area contributed by atoms with Gasteiger partial charge in [0.05, 0.1) is 11.5 Å². The first-order valence-corrected chi connectivity index (χ1v) is 7.65. The maximum atomic E-state index is 5.74. The van der Waals surface area contributed by atoms with Crippen molar-refractivity contribution in [1.82, 2.24) is 0 Å². The van der Waals surface area contributed by atoms with Crippen LogP contribution in [0.3, 0.4) is 0 Å². The Hall–Kier alpha value is -2.13. The lowest BCUT2D eigenvalue weighted by molar-refractivity contribution is 0.605. The van der Waals surface area contributed by atoms with Crippen molar-refractivity contribution in [2.24, 2.45) is 0 Å². The summed E-state index contributed by atoms with van der Waals surface area (Å²) in [6.45, 7) is 0. The van der Waals surface area contributed by atoms with Crippen molar-refractivity contribution in [3.8, 4) is 11.5 Å². The Morgan fingerprint density at radius 2 is 1.00 bits per heavy atom. The Kier molecular flexibility index (Phi) is 4.64. The molecule has 0 atom stereocenters. The lowest BCUT2D eigenvalue weighted by Gasteiger charge is -2.03. The molecule has 3 aromatic rings. The van der Waals surface area contributed by atoms with E-state index >= 15 is 0 Å². The quantitative estimate of drug-likeness (QED) is 0.646. The van der Waals surface area contributed by atoms with E-state index in [9.17, 15) is 0 Å². The molecule has 0 saturated heterocycles. The van der Waals surface area contributed by atoms with Gasteiger partial charge < -0.3 is 9.31 Å². The summed E-state index contributed by atoms with van der Waals surface area (Å²) in [6.07, 6.45) is 0. The number of hydrogen-bond donors (Lipinski definition) is 0. The number of rotatable bonds is 6. The van der Waals surface area contributed by atoms with Crippen LogP contribution in [0.2, 0.25) is 0 Å². The maximum Gasteiger partial charge on any atom is 0.383 e. The van der Waals surface area contributed by atoms with Crippen LogP contribution in [-0.2, 0) is 0 Å². The Bertz CT molecular complexity index is 613. The molecule has 102 valence electrons. The van der Waals surface area contributed by atoms with E-state index in [1.54, 1.807) is 11.3 Å². The first-order valence-electron chi connectivity index (χ1n) is 6.83. The molecule has 0 aliphatic heterocycles. The summed E-state index contributed by atoms with van der Waals surface area (Å²) >= 11 is 1.72. The summed E-state index contributed by atoms with van der Waals surface area (Å²) in [7, 11) is 1.19. The molecule has 0 amide bonds. The zero-order chi connectivity index (χ0) is 14.3. The minimum Gasteiger partial charge on any atom is -0.558 e. The normalized spacial score (nSPS) is 9.90. The highest BCUT2D eigenvalue weighted by Crippen LogP contribution is 2.08. The number of benzene rings is 2. The Balaban J connectivity index is 1.52. The van der Waals surface area contributed by atoms with Crippen molar-refractivity contribution in [2.75, 3.05) is 0 Å². The third-order valence-corrected chi connectivity index (χ3v) is 4.00. The van der Waals surface area contributed by atoms with Crippen LogP contribution in [0.4, 0.5) is 0 Å².